The van der Waals surface area contributed by atoms with Gasteiger partial charge in [-0.05, 0) is 36.8 Å². The Balaban J connectivity index is 2.56. The van der Waals surface area contributed by atoms with Crippen LogP contribution in [0.5, 0.6) is 0 Å². The Morgan fingerprint density at radius 3 is 1.75 bits per heavy atom. The quantitative estimate of drug-likeness (QED) is 0.619. The summed E-state index contributed by atoms with van der Waals surface area (Å²) >= 11 is 0. The maximum absolute atomic E-state index is 10.3. The molecule has 1 aromatic rings. The third-order valence-corrected chi connectivity index (χ3v) is 2.23. The van der Waals surface area contributed by atoms with E-state index >= 15 is 0 Å². The Morgan fingerprint density at radius 2 is 1.38 bits per heavy atom. The van der Waals surface area contributed by atoms with Crippen LogP contribution in [-0.2, 0) is 22.4 Å². The van der Waals surface area contributed by atoms with Crippen molar-refractivity contribution in [1.29, 1.82) is 0 Å². The SMILES string of the molecule is O=C([O-])CCc1cccc(CCC(=O)[O-])c1. The molecule has 0 radical (unpaired) electrons. The van der Waals surface area contributed by atoms with Gasteiger partial charge in [-0.1, -0.05) is 24.3 Å². The summed E-state index contributed by atoms with van der Waals surface area (Å²) < 4.78 is 0. The van der Waals surface area contributed by atoms with Gasteiger partial charge in [-0.25, -0.2) is 0 Å². The summed E-state index contributed by atoms with van der Waals surface area (Å²) in [5.41, 5.74) is 1.75. The summed E-state index contributed by atoms with van der Waals surface area (Å²) in [7, 11) is 0. The van der Waals surface area contributed by atoms with Crippen molar-refractivity contribution in [2.45, 2.75) is 25.7 Å². The van der Waals surface area contributed by atoms with Gasteiger partial charge in [0.15, 0.2) is 0 Å². The van der Waals surface area contributed by atoms with E-state index in [9.17, 15) is 19.8 Å². The summed E-state index contributed by atoms with van der Waals surface area (Å²) in [6.07, 6.45) is 0.761. The van der Waals surface area contributed by atoms with E-state index in [1.54, 1.807) is 6.07 Å². The summed E-state index contributed by atoms with van der Waals surface area (Å²) in [5, 5.41) is 20.6. The van der Waals surface area contributed by atoms with Crippen molar-refractivity contribution >= 4 is 11.9 Å². The number of hydrogen-bond acceptors (Lipinski definition) is 4. The van der Waals surface area contributed by atoms with Gasteiger partial charge >= 0.3 is 0 Å². The van der Waals surface area contributed by atoms with Crippen LogP contribution < -0.4 is 10.2 Å². The molecular weight excluding hydrogens is 208 g/mol. The normalized spacial score (nSPS) is 10.0. The first-order valence-electron chi connectivity index (χ1n) is 5.05. The lowest BCUT2D eigenvalue weighted by atomic mass is 10.0. The van der Waals surface area contributed by atoms with Crippen LogP contribution >= 0.6 is 0 Å². The van der Waals surface area contributed by atoms with Crippen LogP contribution in [0.1, 0.15) is 24.0 Å². The Morgan fingerprint density at radius 1 is 0.938 bits per heavy atom. The van der Waals surface area contributed by atoms with Crippen LogP contribution in [0.2, 0.25) is 0 Å². The molecule has 1 rings (SSSR count). The third-order valence-electron chi connectivity index (χ3n) is 2.23. The highest BCUT2D eigenvalue weighted by Gasteiger charge is 1.97. The molecule has 0 unspecified atom stereocenters. The van der Waals surface area contributed by atoms with Gasteiger partial charge in [0.05, 0.1) is 0 Å². The molecule has 0 aliphatic carbocycles. The average molecular weight is 220 g/mol. The third kappa shape index (κ3) is 4.59. The highest BCUT2D eigenvalue weighted by Crippen LogP contribution is 2.09. The average Bonchev–Trinajstić information content (AvgIpc) is 2.24. The molecule has 4 heteroatoms. The molecule has 0 spiro atoms. The number of carboxylic acids is 2. The fraction of sp³-hybridized carbons (Fsp3) is 0.333. The van der Waals surface area contributed by atoms with Crippen molar-refractivity contribution in [2.75, 3.05) is 0 Å². The minimum Gasteiger partial charge on any atom is -0.550 e. The molecule has 0 amide bonds. The Kier molecular flexibility index (Phi) is 4.51. The van der Waals surface area contributed by atoms with Gasteiger partial charge in [-0.3, -0.25) is 0 Å². The number of aliphatic carboxylic acids is 2. The number of benzene rings is 1. The summed E-state index contributed by atoms with van der Waals surface area (Å²) in [6, 6.07) is 7.22. The van der Waals surface area contributed by atoms with E-state index in [-0.39, 0.29) is 12.8 Å². The smallest absolute Gasteiger partial charge is 0.0417 e. The first kappa shape index (κ1) is 12.2. The molecule has 4 nitrogen and oxygen atoms in total. The van der Waals surface area contributed by atoms with Crippen molar-refractivity contribution in [3.63, 3.8) is 0 Å². The lowest BCUT2D eigenvalue weighted by Gasteiger charge is -2.06. The van der Waals surface area contributed by atoms with Crippen molar-refractivity contribution < 1.29 is 19.8 Å². The highest BCUT2D eigenvalue weighted by atomic mass is 16.4. The second kappa shape index (κ2) is 5.90. The van der Waals surface area contributed by atoms with Crippen molar-refractivity contribution in [3.05, 3.63) is 35.4 Å². The van der Waals surface area contributed by atoms with E-state index < -0.39 is 11.9 Å². The minimum atomic E-state index is -1.08. The van der Waals surface area contributed by atoms with Crippen molar-refractivity contribution in [1.82, 2.24) is 0 Å². The first-order valence-corrected chi connectivity index (χ1v) is 5.05. The van der Waals surface area contributed by atoms with Crippen LogP contribution in [-0.4, -0.2) is 11.9 Å². The van der Waals surface area contributed by atoms with Crippen LogP contribution in [0, 0.1) is 0 Å². The molecular formula is C12H12O4-2. The number of carboxylic acid groups (broad SMARTS) is 2. The summed E-state index contributed by atoms with van der Waals surface area (Å²) in [4.78, 5) is 20.6. The highest BCUT2D eigenvalue weighted by molar-refractivity contribution is 5.65. The molecule has 1 aromatic carbocycles. The number of hydrogen-bond donors (Lipinski definition) is 0. The number of rotatable bonds is 6. The fourth-order valence-corrected chi connectivity index (χ4v) is 1.43. The van der Waals surface area contributed by atoms with Gasteiger partial charge in [0.2, 0.25) is 0 Å². The van der Waals surface area contributed by atoms with Crippen molar-refractivity contribution in [3.8, 4) is 0 Å². The van der Waals surface area contributed by atoms with Crippen molar-refractivity contribution in [2.24, 2.45) is 0 Å². The fourth-order valence-electron chi connectivity index (χ4n) is 1.43. The maximum atomic E-state index is 10.3. The van der Waals surface area contributed by atoms with Gasteiger partial charge in [-0.2, -0.15) is 0 Å². The molecule has 0 N–H and O–H groups in total. The summed E-state index contributed by atoms with van der Waals surface area (Å²) in [6.45, 7) is 0. The van der Waals surface area contributed by atoms with E-state index in [0.29, 0.717) is 12.8 Å². The van der Waals surface area contributed by atoms with E-state index in [1.807, 2.05) is 18.2 Å². The summed E-state index contributed by atoms with van der Waals surface area (Å²) in [5.74, 6) is -2.17. The molecule has 0 saturated carbocycles. The van der Waals surface area contributed by atoms with E-state index in [1.165, 1.54) is 0 Å². The lowest BCUT2D eigenvalue weighted by molar-refractivity contribution is -0.307. The second-order valence-electron chi connectivity index (χ2n) is 3.56. The standard InChI is InChI=1S/C12H14O4/c13-11(14)6-4-9-2-1-3-10(8-9)5-7-12(15)16/h1-3,8H,4-7H2,(H,13,14)(H,15,16)/p-2. The Bertz CT molecular complexity index is 351. The molecule has 0 aliphatic heterocycles. The molecule has 0 aliphatic rings. The van der Waals surface area contributed by atoms with E-state index in [2.05, 4.69) is 0 Å². The zero-order valence-corrected chi connectivity index (χ0v) is 8.77. The van der Waals surface area contributed by atoms with Crippen LogP contribution in [0.25, 0.3) is 0 Å². The number of carbonyl (C=O) groups excluding carboxylic acids is 2. The number of aryl methyl sites for hydroxylation is 2. The number of carbonyl (C=O) groups is 2. The lowest BCUT2D eigenvalue weighted by Crippen LogP contribution is -2.22. The molecule has 16 heavy (non-hydrogen) atoms. The first-order chi connectivity index (χ1) is 7.58. The molecule has 86 valence electrons. The van der Waals surface area contributed by atoms with Gasteiger partial charge in [-0.15, -0.1) is 0 Å². The molecule has 0 aromatic heterocycles. The van der Waals surface area contributed by atoms with Gasteiger partial charge in [0.25, 0.3) is 0 Å². The minimum absolute atomic E-state index is 0.0239. The Labute approximate surface area is 93.5 Å². The monoisotopic (exact) mass is 220 g/mol. The predicted molar refractivity (Wildman–Crippen MR) is 53.1 cm³/mol. The van der Waals surface area contributed by atoms with Gasteiger partial charge in [0, 0.05) is 11.9 Å². The molecule has 0 saturated heterocycles. The van der Waals surface area contributed by atoms with Crippen LogP contribution in [0.15, 0.2) is 24.3 Å². The molecule has 0 bridgehead atoms. The topological polar surface area (TPSA) is 80.3 Å². The van der Waals surface area contributed by atoms with Gasteiger partial charge in [0.1, 0.15) is 0 Å². The van der Waals surface area contributed by atoms with Crippen LogP contribution in [0.3, 0.4) is 0 Å². The van der Waals surface area contributed by atoms with E-state index in [4.69, 9.17) is 0 Å². The molecule has 0 fully saturated rings. The molecule has 0 atom stereocenters. The van der Waals surface area contributed by atoms with Gasteiger partial charge < -0.3 is 19.8 Å². The zero-order chi connectivity index (χ0) is 12.0. The largest absolute Gasteiger partial charge is 0.550 e. The zero-order valence-electron chi connectivity index (χ0n) is 8.77. The second-order valence-corrected chi connectivity index (χ2v) is 3.56. The Hall–Kier alpha value is -1.84. The molecule has 0 heterocycles. The van der Waals surface area contributed by atoms with Crippen LogP contribution in [0.4, 0.5) is 0 Å². The van der Waals surface area contributed by atoms with E-state index in [0.717, 1.165) is 11.1 Å². The maximum Gasteiger partial charge on any atom is 0.0417 e. The predicted octanol–water partition coefficient (Wildman–Crippen LogP) is -0.948.